The van der Waals surface area contributed by atoms with Gasteiger partial charge in [-0.3, -0.25) is 14.5 Å². The van der Waals surface area contributed by atoms with E-state index < -0.39 is 0 Å². The van der Waals surface area contributed by atoms with Crippen molar-refractivity contribution in [1.82, 2.24) is 25.3 Å². The van der Waals surface area contributed by atoms with Gasteiger partial charge in [-0.05, 0) is 26.3 Å². The zero-order chi connectivity index (χ0) is 22.7. The van der Waals surface area contributed by atoms with E-state index in [1.165, 1.54) is 0 Å². The predicted octanol–water partition coefficient (Wildman–Crippen LogP) is 2.79. The van der Waals surface area contributed by atoms with Crippen LogP contribution >= 0.6 is 0 Å². The molecule has 1 saturated heterocycles. The minimum absolute atomic E-state index is 0.0327. The van der Waals surface area contributed by atoms with Crippen molar-refractivity contribution >= 4 is 22.9 Å². The number of hydrogen-bond donors (Lipinski definition) is 1. The first kappa shape index (κ1) is 22.0. The zero-order valence-corrected chi connectivity index (χ0v) is 18.9. The summed E-state index contributed by atoms with van der Waals surface area (Å²) >= 11 is 0. The fraction of sp³-hybridized carbons (Fsp3) is 0.417. The van der Waals surface area contributed by atoms with E-state index in [1.54, 1.807) is 0 Å². The summed E-state index contributed by atoms with van der Waals surface area (Å²) in [6.07, 6.45) is 0.918. The Hall–Kier alpha value is -3.26. The Morgan fingerprint density at radius 2 is 1.81 bits per heavy atom. The molecule has 0 saturated carbocycles. The molecule has 2 aromatic heterocycles. The number of nitrogens with zero attached hydrogens (tertiary/aromatic N) is 4. The van der Waals surface area contributed by atoms with Crippen LogP contribution in [0.5, 0.6) is 0 Å². The van der Waals surface area contributed by atoms with Crippen LogP contribution in [0.15, 0.2) is 34.9 Å². The summed E-state index contributed by atoms with van der Waals surface area (Å²) in [6.45, 7) is 9.38. The van der Waals surface area contributed by atoms with Gasteiger partial charge >= 0.3 is 0 Å². The number of aryl methyl sites for hydroxylation is 2. The number of nitrogens with one attached hydrogen (secondary N) is 1. The van der Waals surface area contributed by atoms with Crippen LogP contribution in [0.25, 0.3) is 22.4 Å². The summed E-state index contributed by atoms with van der Waals surface area (Å²) in [6, 6.07) is 9.85. The number of hydrogen-bond acceptors (Lipinski definition) is 6. The molecule has 1 aromatic carbocycles. The maximum absolute atomic E-state index is 13.5. The van der Waals surface area contributed by atoms with E-state index in [4.69, 9.17) is 4.52 Å². The quantitative estimate of drug-likeness (QED) is 0.640. The van der Waals surface area contributed by atoms with Gasteiger partial charge in [0.05, 0.1) is 28.9 Å². The molecule has 3 aromatic rings. The summed E-state index contributed by atoms with van der Waals surface area (Å²) in [5, 5.41) is 7.60. The highest BCUT2D eigenvalue weighted by Gasteiger charge is 2.27. The van der Waals surface area contributed by atoms with E-state index in [-0.39, 0.29) is 11.8 Å². The Labute approximate surface area is 187 Å². The number of carbonyl (C=O) groups excluding carboxylic acids is 2. The standard InChI is InChI=1S/C24H29N5O3/c1-4-9-25-21(30)15-28-10-12-29(13-11-28)24(31)19-14-20(18-7-5-16(2)6-8-18)26-23-22(19)17(3)27-32-23/h5-8,14H,4,9-13,15H2,1-3H3,(H,25,30). The molecular weight excluding hydrogens is 406 g/mol. The van der Waals surface area contributed by atoms with E-state index in [1.807, 2.05) is 56.0 Å². The van der Waals surface area contributed by atoms with E-state index >= 15 is 0 Å². The molecule has 1 fully saturated rings. The maximum atomic E-state index is 13.5. The summed E-state index contributed by atoms with van der Waals surface area (Å²) in [5.74, 6) is -0.0301. The molecule has 168 valence electrons. The summed E-state index contributed by atoms with van der Waals surface area (Å²) in [7, 11) is 0. The second-order valence-corrected chi connectivity index (χ2v) is 8.29. The normalized spacial score (nSPS) is 14.7. The monoisotopic (exact) mass is 435 g/mol. The van der Waals surface area contributed by atoms with Crippen molar-refractivity contribution in [2.75, 3.05) is 39.3 Å². The van der Waals surface area contributed by atoms with Crippen molar-refractivity contribution in [2.45, 2.75) is 27.2 Å². The van der Waals surface area contributed by atoms with Gasteiger partial charge in [0, 0.05) is 38.3 Å². The summed E-state index contributed by atoms with van der Waals surface area (Å²) in [4.78, 5) is 34.0. The van der Waals surface area contributed by atoms with Crippen LogP contribution in [-0.4, -0.2) is 71.0 Å². The third-order valence-electron chi connectivity index (χ3n) is 5.79. The Bertz CT molecular complexity index is 1110. The predicted molar refractivity (Wildman–Crippen MR) is 122 cm³/mol. The number of fused-ring (bicyclic) bond motifs is 1. The van der Waals surface area contributed by atoms with Crippen molar-refractivity contribution in [1.29, 1.82) is 0 Å². The van der Waals surface area contributed by atoms with Gasteiger partial charge in [0.15, 0.2) is 0 Å². The number of amides is 2. The van der Waals surface area contributed by atoms with Gasteiger partial charge in [0.2, 0.25) is 5.91 Å². The number of benzene rings is 1. The lowest BCUT2D eigenvalue weighted by Crippen LogP contribution is -2.51. The first-order valence-electron chi connectivity index (χ1n) is 11.1. The first-order chi connectivity index (χ1) is 15.5. The zero-order valence-electron chi connectivity index (χ0n) is 18.9. The molecule has 1 aliphatic rings. The Morgan fingerprint density at radius 1 is 1.09 bits per heavy atom. The number of aromatic nitrogens is 2. The molecule has 3 heterocycles. The van der Waals surface area contributed by atoms with Gasteiger partial charge in [0.1, 0.15) is 0 Å². The second kappa shape index (κ2) is 9.48. The maximum Gasteiger partial charge on any atom is 0.259 e. The van der Waals surface area contributed by atoms with Crippen molar-refractivity contribution in [3.05, 3.63) is 47.2 Å². The van der Waals surface area contributed by atoms with Crippen LogP contribution < -0.4 is 5.32 Å². The van der Waals surface area contributed by atoms with Crippen molar-refractivity contribution < 1.29 is 14.1 Å². The molecule has 0 spiro atoms. The highest BCUT2D eigenvalue weighted by molar-refractivity contribution is 6.07. The Balaban J connectivity index is 1.54. The molecule has 1 aliphatic heterocycles. The van der Waals surface area contributed by atoms with Crippen molar-refractivity contribution in [3.8, 4) is 11.3 Å². The first-order valence-corrected chi connectivity index (χ1v) is 11.1. The molecule has 1 N–H and O–H groups in total. The average Bonchev–Trinajstić information content (AvgIpc) is 3.18. The van der Waals surface area contributed by atoms with Gasteiger partial charge in [-0.1, -0.05) is 41.9 Å². The van der Waals surface area contributed by atoms with E-state index in [0.29, 0.717) is 67.3 Å². The molecule has 0 aliphatic carbocycles. The molecule has 0 unspecified atom stereocenters. The van der Waals surface area contributed by atoms with Gasteiger partial charge in [-0.25, -0.2) is 4.98 Å². The van der Waals surface area contributed by atoms with E-state index in [2.05, 4.69) is 20.4 Å². The number of pyridine rings is 1. The smallest absolute Gasteiger partial charge is 0.259 e. The van der Waals surface area contributed by atoms with Crippen LogP contribution in [0.1, 0.15) is 35.0 Å². The van der Waals surface area contributed by atoms with Crippen molar-refractivity contribution in [3.63, 3.8) is 0 Å². The van der Waals surface area contributed by atoms with Crippen LogP contribution in [-0.2, 0) is 4.79 Å². The van der Waals surface area contributed by atoms with E-state index in [0.717, 1.165) is 17.5 Å². The van der Waals surface area contributed by atoms with Gasteiger partial charge in [0.25, 0.3) is 11.6 Å². The highest BCUT2D eigenvalue weighted by atomic mass is 16.5. The molecule has 4 rings (SSSR count). The summed E-state index contributed by atoms with van der Waals surface area (Å²) in [5.41, 5.74) is 4.33. The molecular formula is C24H29N5O3. The minimum Gasteiger partial charge on any atom is -0.355 e. The largest absolute Gasteiger partial charge is 0.355 e. The molecule has 2 amide bonds. The molecule has 0 radical (unpaired) electrons. The molecule has 8 nitrogen and oxygen atoms in total. The molecule has 0 atom stereocenters. The lowest BCUT2D eigenvalue weighted by molar-refractivity contribution is -0.122. The van der Waals surface area contributed by atoms with Gasteiger partial charge < -0.3 is 14.7 Å². The van der Waals surface area contributed by atoms with Crippen LogP contribution in [0.4, 0.5) is 0 Å². The third-order valence-corrected chi connectivity index (χ3v) is 5.79. The lowest BCUT2D eigenvalue weighted by Gasteiger charge is -2.34. The summed E-state index contributed by atoms with van der Waals surface area (Å²) < 4.78 is 5.42. The SMILES string of the molecule is CCCNC(=O)CN1CCN(C(=O)c2cc(-c3ccc(C)cc3)nc3onc(C)c23)CC1. The highest BCUT2D eigenvalue weighted by Crippen LogP contribution is 2.28. The second-order valence-electron chi connectivity index (χ2n) is 8.29. The number of carbonyl (C=O) groups is 2. The fourth-order valence-electron chi connectivity index (χ4n) is 3.94. The van der Waals surface area contributed by atoms with Gasteiger partial charge in [-0.2, -0.15) is 0 Å². The average molecular weight is 436 g/mol. The topological polar surface area (TPSA) is 91.6 Å². The van der Waals surface area contributed by atoms with E-state index in [9.17, 15) is 9.59 Å². The third kappa shape index (κ3) is 4.65. The van der Waals surface area contributed by atoms with Crippen molar-refractivity contribution in [2.24, 2.45) is 0 Å². The molecule has 32 heavy (non-hydrogen) atoms. The van der Waals surface area contributed by atoms with Crippen LogP contribution in [0.2, 0.25) is 0 Å². The molecule has 0 bridgehead atoms. The fourth-order valence-corrected chi connectivity index (χ4v) is 3.94. The minimum atomic E-state index is -0.0628. The number of rotatable bonds is 6. The van der Waals surface area contributed by atoms with Crippen LogP contribution in [0.3, 0.4) is 0 Å². The Morgan fingerprint density at radius 3 is 2.50 bits per heavy atom. The number of piperazine rings is 1. The molecule has 8 heteroatoms. The lowest BCUT2D eigenvalue weighted by atomic mass is 10.0. The Kier molecular flexibility index (Phi) is 6.50. The van der Waals surface area contributed by atoms with Gasteiger partial charge in [-0.15, -0.1) is 0 Å². The van der Waals surface area contributed by atoms with Crippen LogP contribution in [0, 0.1) is 13.8 Å².